The molecule has 0 aromatic heterocycles. The first kappa shape index (κ1) is 25.5. The van der Waals surface area contributed by atoms with Crippen LogP contribution in [0.4, 0.5) is 4.39 Å². The van der Waals surface area contributed by atoms with Crippen LogP contribution in [0.3, 0.4) is 0 Å². The molecule has 0 fully saturated rings. The molecule has 0 aliphatic rings. The molecule has 7 nitrogen and oxygen atoms in total. The first-order valence-electron chi connectivity index (χ1n) is 10.1. The average Bonchev–Trinajstić information content (AvgIpc) is 2.80. The minimum atomic E-state index is -0.546. The van der Waals surface area contributed by atoms with Gasteiger partial charge in [0, 0.05) is 22.8 Å². The van der Waals surface area contributed by atoms with Crippen molar-refractivity contribution in [2.45, 2.75) is 13.8 Å². The van der Waals surface area contributed by atoms with E-state index in [-0.39, 0.29) is 54.6 Å². The zero-order chi connectivity index (χ0) is 24.4. The van der Waals surface area contributed by atoms with Crippen molar-refractivity contribution in [3.63, 3.8) is 0 Å². The van der Waals surface area contributed by atoms with Crippen molar-refractivity contribution < 1.29 is 37.7 Å². The molecule has 8 heteroatoms. The minimum absolute atomic E-state index is 0.00765. The third-order valence-electron chi connectivity index (χ3n) is 4.28. The normalized spacial score (nSPS) is 10.2. The molecule has 0 aliphatic carbocycles. The molecule has 0 saturated carbocycles. The zero-order valence-electron chi connectivity index (χ0n) is 18.9. The van der Waals surface area contributed by atoms with Crippen LogP contribution in [0.15, 0.2) is 60.7 Å². The number of benzene rings is 2. The topological polar surface area (TPSA) is 80.3 Å². The third-order valence-corrected chi connectivity index (χ3v) is 4.28. The van der Waals surface area contributed by atoms with E-state index in [0.29, 0.717) is 11.3 Å². The maximum Gasteiger partial charge on any atom is 0.333 e. The van der Waals surface area contributed by atoms with Crippen LogP contribution in [0.5, 0.6) is 17.2 Å². The number of methoxy groups -OCH3 is 1. The smallest absolute Gasteiger partial charge is 0.333 e. The van der Waals surface area contributed by atoms with Gasteiger partial charge in [0.25, 0.3) is 0 Å². The summed E-state index contributed by atoms with van der Waals surface area (Å²) in [6, 6.07) is 9.54. The van der Waals surface area contributed by atoms with Crippen molar-refractivity contribution in [2.75, 3.05) is 33.5 Å². The second-order valence-corrected chi connectivity index (χ2v) is 7.04. The van der Waals surface area contributed by atoms with Crippen LogP contribution >= 0.6 is 0 Å². The lowest BCUT2D eigenvalue weighted by atomic mass is 10.0. The molecule has 33 heavy (non-hydrogen) atoms. The molecule has 0 amide bonds. The van der Waals surface area contributed by atoms with Gasteiger partial charge >= 0.3 is 11.9 Å². The highest BCUT2D eigenvalue weighted by Crippen LogP contribution is 2.36. The SMILES string of the molecule is C=C(C)C(=O)OCCOc1cc(F)c(-c2ccc(OC)cc2)cc1OCCOC(=O)C(=C)C. The number of carbonyl (C=O) groups is 2. The number of rotatable bonds is 12. The highest BCUT2D eigenvalue weighted by molar-refractivity contribution is 5.87. The molecular weight excluding hydrogens is 431 g/mol. The largest absolute Gasteiger partial charge is 0.497 e. The van der Waals surface area contributed by atoms with E-state index in [1.54, 1.807) is 31.4 Å². The number of esters is 2. The van der Waals surface area contributed by atoms with E-state index in [1.165, 1.54) is 26.0 Å². The highest BCUT2D eigenvalue weighted by Gasteiger charge is 2.15. The van der Waals surface area contributed by atoms with Gasteiger partial charge in [0.15, 0.2) is 11.5 Å². The molecule has 0 aliphatic heterocycles. The van der Waals surface area contributed by atoms with Gasteiger partial charge in [-0.25, -0.2) is 14.0 Å². The third kappa shape index (κ3) is 7.68. The first-order chi connectivity index (χ1) is 15.7. The fourth-order valence-electron chi connectivity index (χ4n) is 2.57. The summed E-state index contributed by atoms with van der Waals surface area (Å²) in [4.78, 5) is 23.0. The van der Waals surface area contributed by atoms with Gasteiger partial charge in [0.1, 0.15) is 38.0 Å². The zero-order valence-corrected chi connectivity index (χ0v) is 18.9. The molecule has 0 atom stereocenters. The van der Waals surface area contributed by atoms with Crippen LogP contribution in [0.2, 0.25) is 0 Å². The van der Waals surface area contributed by atoms with Gasteiger partial charge in [0.05, 0.1) is 7.11 Å². The lowest BCUT2D eigenvalue weighted by molar-refractivity contribution is -0.140. The molecule has 0 saturated heterocycles. The van der Waals surface area contributed by atoms with Crippen molar-refractivity contribution in [1.82, 2.24) is 0 Å². The Morgan fingerprint density at radius 1 is 0.818 bits per heavy atom. The van der Waals surface area contributed by atoms with Crippen LogP contribution in [-0.2, 0) is 19.1 Å². The van der Waals surface area contributed by atoms with Crippen LogP contribution in [-0.4, -0.2) is 45.5 Å². The van der Waals surface area contributed by atoms with Gasteiger partial charge in [-0.15, -0.1) is 0 Å². The molecule has 0 radical (unpaired) electrons. The quantitative estimate of drug-likeness (QED) is 0.263. The number of hydrogen-bond donors (Lipinski definition) is 0. The molecule has 2 aromatic rings. The lowest BCUT2D eigenvalue weighted by Crippen LogP contribution is -2.14. The number of hydrogen-bond acceptors (Lipinski definition) is 7. The standard InChI is InChI=1S/C25H27FO7/c1-16(2)24(27)32-12-10-30-22-14-20(18-6-8-19(29-5)9-7-18)21(26)15-23(22)31-11-13-33-25(28)17(3)4/h6-9,14-15H,1,3,10-13H2,2,4-5H3. The maximum absolute atomic E-state index is 14.9. The molecule has 0 spiro atoms. The minimum Gasteiger partial charge on any atom is -0.497 e. The van der Waals surface area contributed by atoms with E-state index in [2.05, 4.69) is 13.2 Å². The van der Waals surface area contributed by atoms with Crippen molar-refractivity contribution >= 4 is 11.9 Å². The van der Waals surface area contributed by atoms with E-state index in [1.807, 2.05) is 0 Å². The Labute approximate surface area is 192 Å². The predicted molar refractivity (Wildman–Crippen MR) is 121 cm³/mol. The molecule has 2 rings (SSSR count). The molecular formula is C25H27FO7. The Kier molecular flexibility index (Phi) is 9.47. The fraction of sp³-hybridized carbons (Fsp3) is 0.280. The molecule has 0 unspecified atom stereocenters. The summed E-state index contributed by atoms with van der Waals surface area (Å²) in [5.41, 5.74) is 1.42. The van der Waals surface area contributed by atoms with Gasteiger partial charge in [-0.3, -0.25) is 0 Å². The van der Waals surface area contributed by atoms with Gasteiger partial charge in [-0.2, -0.15) is 0 Å². The highest BCUT2D eigenvalue weighted by atomic mass is 19.1. The second-order valence-electron chi connectivity index (χ2n) is 7.04. The number of ether oxygens (including phenoxy) is 5. The summed E-state index contributed by atoms with van der Waals surface area (Å²) < 4.78 is 41.3. The Morgan fingerprint density at radius 2 is 1.30 bits per heavy atom. The Morgan fingerprint density at radius 3 is 1.76 bits per heavy atom. The van der Waals surface area contributed by atoms with Crippen LogP contribution in [0.25, 0.3) is 11.1 Å². The van der Waals surface area contributed by atoms with Crippen LogP contribution < -0.4 is 14.2 Å². The fourth-order valence-corrected chi connectivity index (χ4v) is 2.57. The molecule has 2 aromatic carbocycles. The Balaban J connectivity index is 2.18. The van der Waals surface area contributed by atoms with Crippen molar-refractivity contribution in [3.8, 4) is 28.4 Å². The van der Waals surface area contributed by atoms with Gasteiger partial charge in [-0.1, -0.05) is 25.3 Å². The number of carbonyl (C=O) groups excluding carboxylic acids is 2. The summed E-state index contributed by atoms with van der Waals surface area (Å²) in [6.45, 7) is 9.98. The summed E-state index contributed by atoms with van der Waals surface area (Å²) in [7, 11) is 1.54. The van der Waals surface area contributed by atoms with Gasteiger partial charge < -0.3 is 23.7 Å². The first-order valence-corrected chi connectivity index (χ1v) is 10.1. The Hall–Kier alpha value is -3.81. The summed E-state index contributed by atoms with van der Waals surface area (Å²) in [6.07, 6.45) is 0. The maximum atomic E-state index is 14.9. The second kappa shape index (κ2) is 12.3. The summed E-state index contributed by atoms with van der Waals surface area (Å²) in [5, 5.41) is 0. The van der Waals surface area contributed by atoms with E-state index in [4.69, 9.17) is 23.7 Å². The number of halogens is 1. The Bertz CT molecular complexity index is 1010. The van der Waals surface area contributed by atoms with E-state index in [0.717, 1.165) is 0 Å². The molecule has 0 N–H and O–H groups in total. The molecule has 0 bridgehead atoms. The van der Waals surface area contributed by atoms with Crippen molar-refractivity contribution in [1.29, 1.82) is 0 Å². The van der Waals surface area contributed by atoms with E-state index in [9.17, 15) is 14.0 Å². The van der Waals surface area contributed by atoms with E-state index < -0.39 is 17.8 Å². The van der Waals surface area contributed by atoms with Crippen LogP contribution in [0, 0.1) is 5.82 Å². The van der Waals surface area contributed by atoms with Gasteiger partial charge in [-0.05, 0) is 37.6 Å². The molecule has 0 heterocycles. The molecule has 176 valence electrons. The summed E-state index contributed by atoms with van der Waals surface area (Å²) in [5.74, 6) is -0.626. The van der Waals surface area contributed by atoms with Crippen LogP contribution in [0.1, 0.15) is 13.8 Å². The monoisotopic (exact) mass is 458 g/mol. The van der Waals surface area contributed by atoms with E-state index >= 15 is 0 Å². The van der Waals surface area contributed by atoms with Gasteiger partial charge in [0.2, 0.25) is 0 Å². The lowest BCUT2D eigenvalue weighted by Gasteiger charge is -2.16. The summed E-state index contributed by atoms with van der Waals surface area (Å²) >= 11 is 0. The predicted octanol–water partition coefficient (Wildman–Crippen LogP) is 4.50. The van der Waals surface area contributed by atoms with Crippen molar-refractivity contribution in [3.05, 3.63) is 66.5 Å². The average molecular weight is 458 g/mol. The van der Waals surface area contributed by atoms with Crippen molar-refractivity contribution in [2.24, 2.45) is 0 Å².